The van der Waals surface area contributed by atoms with Crippen molar-refractivity contribution in [2.24, 2.45) is 0 Å². The third-order valence-electron chi connectivity index (χ3n) is 4.33. The van der Waals surface area contributed by atoms with Gasteiger partial charge in [0.1, 0.15) is 5.65 Å². The van der Waals surface area contributed by atoms with Crippen LogP contribution < -0.4 is 0 Å². The fraction of sp³-hybridized carbons (Fsp3) is 0.438. The third kappa shape index (κ3) is 2.91. The second-order valence-corrected chi connectivity index (χ2v) is 7.46. The maximum Gasteiger partial charge on any atom is 0.282 e. The van der Waals surface area contributed by atoms with Crippen LogP contribution in [-0.2, 0) is 10.2 Å². The van der Waals surface area contributed by atoms with Gasteiger partial charge in [-0.2, -0.15) is 17.0 Å². The van der Waals surface area contributed by atoms with Gasteiger partial charge in [-0.05, 0) is 24.1 Å². The number of H-pyrrole nitrogens is 1. The van der Waals surface area contributed by atoms with E-state index in [1.165, 1.54) is 9.88 Å². The van der Waals surface area contributed by atoms with Crippen LogP contribution in [0.2, 0.25) is 0 Å². The first-order valence-corrected chi connectivity index (χ1v) is 9.34. The van der Waals surface area contributed by atoms with E-state index in [1.807, 2.05) is 38.3 Å². The molecule has 0 saturated heterocycles. The highest BCUT2D eigenvalue weighted by Crippen LogP contribution is 2.29. The zero-order chi connectivity index (χ0) is 16.4. The molecular formula is C16H22N4O2S. The molecule has 1 N–H and O–H groups in total. The van der Waals surface area contributed by atoms with E-state index >= 15 is 0 Å². The van der Waals surface area contributed by atoms with Crippen molar-refractivity contribution in [3.63, 3.8) is 0 Å². The Kier molecular flexibility index (Phi) is 4.52. The number of nitrogens with one attached hydrogen (secondary N) is 1. The van der Waals surface area contributed by atoms with Gasteiger partial charge in [0.15, 0.2) is 0 Å². The van der Waals surface area contributed by atoms with Gasteiger partial charge in [-0.3, -0.25) is 0 Å². The molecule has 0 bridgehead atoms. The molecule has 0 saturated carbocycles. The Labute approximate surface area is 137 Å². The lowest BCUT2D eigenvalue weighted by molar-refractivity contribution is 0.363. The van der Waals surface area contributed by atoms with Crippen molar-refractivity contribution in [2.75, 3.05) is 26.2 Å². The summed E-state index contributed by atoms with van der Waals surface area (Å²) in [6.45, 7) is 5.66. The summed E-state index contributed by atoms with van der Waals surface area (Å²) in [4.78, 5) is 7.47. The van der Waals surface area contributed by atoms with Gasteiger partial charge in [0.2, 0.25) is 0 Å². The average Bonchev–Trinajstić information content (AvgIpc) is 3.00. The Hall–Kier alpha value is -1.70. The molecule has 0 atom stereocenters. The van der Waals surface area contributed by atoms with E-state index in [0.29, 0.717) is 32.6 Å². The molecule has 1 aliphatic rings. The summed E-state index contributed by atoms with van der Waals surface area (Å²) < 4.78 is 28.2. The van der Waals surface area contributed by atoms with Crippen LogP contribution in [-0.4, -0.2) is 53.2 Å². The van der Waals surface area contributed by atoms with Crippen LogP contribution in [0.4, 0.5) is 0 Å². The van der Waals surface area contributed by atoms with Crippen LogP contribution >= 0.6 is 0 Å². The Morgan fingerprint density at radius 3 is 2.78 bits per heavy atom. The summed E-state index contributed by atoms with van der Waals surface area (Å²) in [7, 11) is -3.36. The maximum absolute atomic E-state index is 12.6. The van der Waals surface area contributed by atoms with Crippen molar-refractivity contribution in [3.8, 4) is 0 Å². The number of fused-ring (bicyclic) bond motifs is 1. The van der Waals surface area contributed by atoms with Gasteiger partial charge < -0.3 is 4.98 Å². The molecular weight excluding hydrogens is 312 g/mol. The normalized spacial score (nSPS) is 16.9. The molecule has 6 nitrogen and oxygen atoms in total. The summed E-state index contributed by atoms with van der Waals surface area (Å²) >= 11 is 0. The van der Waals surface area contributed by atoms with E-state index in [9.17, 15) is 8.42 Å². The quantitative estimate of drug-likeness (QED) is 0.912. The van der Waals surface area contributed by atoms with Gasteiger partial charge in [0, 0.05) is 49.5 Å². The summed E-state index contributed by atoms with van der Waals surface area (Å²) in [6, 6.07) is 3.95. The van der Waals surface area contributed by atoms with Crippen LogP contribution in [0.1, 0.15) is 25.8 Å². The van der Waals surface area contributed by atoms with E-state index < -0.39 is 10.2 Å². The molecule has 0 amide bonds. The van der Waals surface area contributed by atoms with Gasteiger partial charge in [-0.15, -0.1) is 0 Å². The highest BCUT2D eigenvalue weighted by atomic mass is 32.2. The summed E-state index contributed by atoms with van der Waals surface area (Å²) in [6.07, 6.45) is 6.44. The molecule has 0 spiro atoms. The zero-order valence-electron chi connectivity index (χ0n) is 13.5. The van der Waals surface area contributed by atoms with Gasteiger partial charge in [0.05, 0.1) is 0 Å². The first-order valence-electron chi connectivity index (χ1n) is 7.94. The Morgan fingerprint density at radius 1 is 1.35 bits per heavy atom. The van der Waals surface area contributed by atoms with Crippen molar-refractivity contribution in [3.05, 3.63) is 36.2 Å². The van der Waals surface area contributed by atoms with E-state index in [2.05, 4.69) is 9.97 Å². The molecule has 2 aromatic heterocycles. The lowest BCUT2D eigenvalue weighted by Crippen LogP contribution is -2.45. The minimum Gasteiger partial charge on any atom is -0.346 e. The molecule has 7 heteroatoms. The smallest absolute Gasteiger partial charge is 0.282 e. The predicted octanol–water partition coefficient (Wildman–Crippen LogP) is 2.24. The van der Waals surface area contributed by atoms with Crippen LogP contribution in [0.3, 0.4) is 0 Å². The first-order chi connectivity index (χ1) is 11.1. The minimum absolute atomic E-state index is 0.418. The molecule has 0 aromatic carbocycles. The second kappa shape index (κ2) is 6.43. The van der Waals surface area contributed by atoms with Gasteiger partial charge in [-0.1, -0.05) is 19.9 Å². The molecule has 0 radical (unpaired) electrons. The van der Waals surface area contributed by atoms with Crippen molar-refractivity contribution in [1.29, 1.82) is 0 Å². The van der Waals surface area contributed by atoms with Crippen molar-refractivity contribution >= 4 is 26.8 Å². The van der Waals surface area contributed by atoms with Crippen molar-refractivity contribution in [2.45, 2.75) is 20.3 Å². The molecule has 0 unspecified atom stereocenters. The zero-order valence-corrected chi connectivity index (χ0v) is 14.3. The van der Waals surface area contributed by atoms with Gasteiger partial charge in [0.25, 0.3) is 10.2 Å². The van der Waals surface area contributed by atoms with Crippen LogP contribution in [0.15, 0.2) is 30.6 Å². The molecule has 0 fully saturated rings. The SMILES string of the molecule is CCN(CC)S(=O)(=O)N1CC=C(c2c[nH]c3ncccc23)CC1. The fourth-order valence-electron chi connectivity index (χ4n) is 3.04. The molecule has 3 heterocycles. The van der Waals surface area contributed by atoms with Crippen molar-refractivity contribution < 1.29 is 8.42 Å². The number of aromatic amines is 1. The van der Waals surface area contributed by atoms with Gasteiger partial charge in [-0.25, -0.2) is 4.98 Å². The third-order valence-corrected chi connectivity index (χ3v) is 6.48. The molecule has 124 valence electrons. The number of hydrogen-bond acceptors (Lipinski definition) is 3. The van der Waals surface area contributed by atoms with Crippen LogP contribution in [0.5, 0.6) is 0 Å². The molecule has 1 aliphatic heterocycles. The monoisotopic (exact) mass is 334 g/mol. The number of pyridine rings is 1. The lowest BCUT2D eigenvalue weighted by atomic mass is 10.0. The van der Waals surface area contributed by atoms with E-state index in [0.717, 1.165) is 16.6 Å². The van der Waals surface area contributed by atoms with Gasteiger partial charge >= 0.3 is 0 Å². The highest BCUT2D eigenvalue weighted by Gasteiger charge is 2.29. The largest absolute Gasteiger partial charge is 0.346 e. The standard InChI is InChI=1S/C16H22N4O2S/c1-3-19(4-2)23(21,22)20-10-7-13(8-11-20)15-12-18-16-14(15)6-5-9-17-16/h5-7,9,12H,3-4,8,10-11H2,1-2H3,(H,17,18). The fourth-order valence-corrected chi connectivity index (χ4v) is 4.60. The number of rotatable bonds is 5. The Morgan fingerprint density at radius 2 is 2.13 bits per heavy atom. The molecule has 23 heavy (non-hydrogen) atoms. The Balaban J connectivity index is 1.84. The van der Waals surface area contributed by atoms with E-state index in [-0.39, 0.29) is 0 Å². The van der Waals surface area contributed by atoms with E-state index in [4.69, 9.17) is 0 Å². The van der Waals surface area contributed by atoms with Crippen molar-refractivity contribution in [1.82, 2.24) is 18.6 Å². The predicted molar refractivity (Wildman–Crippen MR) is 92.1 cm³/mol. The molecule has 3 rings (SSSR count). The number of aromatic nitrogens is 2. The topological polar surface area (TPSA) is 69.3 Å². The van der Waals surface area contributed by atoms with E-state index in [1.54, 1.807) is 10.5 Å². The first kappa shape index (κ1) is 16.2. The van der Waals surface area contributed by atoms with Crippen LogP contribution in [0, 0.1) is 0 Å². The maximum atomic E-state index is 12.6. The summed E-state index contributed by atoms with van der Waals surface area (Å²) in [5, 5.41) is 1.08. The molecule has 2 aromatic rings. The Bertz CT molecular complexity index is 821. The summed E-state index contributed by atoms with van der Waals surface area (Å²) in [5.74, 6) is 0. The molecule has 0 aliphatic carbocycles. The second-order valence-electron chi connectivity index (χ2n) is 5.53. The number of nitrogens with zero attached hydrogens (tertiary/aromatic N) is 3. The summed E-state index contributed by atoms with van der Waals surface area (Å²) in [5.41, 5.74) is 3.16. The highest BCUT2D eigenvalue weighted by molar-refractivity contribution is 7.86. The number of hydrogen-bond donors (Lipinski definition) is 1. The minimum atomic E-state index is -3.36. The van der Waals surface area contributed by atoms with Crippen LogP contribution in [0.25, 0.3) is 16.6 Å². The average molecular weight is 334 g/mol. The lowest BCUT2D eigenvalue weighted by Gasteiger charge is -2.30.